The summed E-state index contributed by atoms with van der Waals surface area (Å²) in [4.78, 5) is 17.8. The number of aromatic nitrogens is 2. The maximum atomic E-state index is 12.7. The van der Waals surface area contributed by atoms with Gasteiger partial charge in [0.05, 0.1) is 30.4 Å². The molecule has 39 heavy (non-hydrogen) atoms. The van der Waals surface area contributed by atoms with Crippen molar-refractivity contribution in [2.24, 2.45) is 11.0 Å². The number of carbonyl (C=O) groups is 1. The molecule has 0 fully saturated rings. The maximum absolute atomic E-state index is 12.7. The number of methoxy groups -OCH3 is 1. The fraction of sp³-hybridized carbons (Fsp3) is 0.344. The lowest BCUT2D eigenvalue weighted by molar-refractivity contribution is 0.222. The molecule has 0 saturated carbocycles. The summed E-state index contributed by atoms with van der Waals surface area (Å²) >= 11 is 1.30. The molecule has 0 bridgehead atoms. The lowest BCUT2D eigenvalue weighted by atomic mass is 9.87. The molecular formula is C32H36N4O2S. The quantitative estimate of drug-likeness (QED) is 0.241. The van der Waals surface area contributed by atoms with Crippen LogP contribution in [0.5, 0.6) is 5.75 Å². The van der Waals surface area contributed by atoms with Gasteiger partial charge in [0.2, 0.25) is 0 Å². The third-order valence-corrected chi connectivity index (χ3v) is 7.77. The number of imidazole rings is 1. The Kier molecular flexibility index (Phi) is 7.54. The molecule has 1 amide bonds. The van der Waals surface area contributed by atoms with E-state index in [1.807, 2.05) is 18.2 Å². The molecule has 6 nitrogen and oxygen atoms in total. The number of hydrogen-bond donors (Lipinski definition) is 0. The van der Waals surface area contributed by atoms with Crippen LogP contribution >= 0.6 is 11.8 Å². The smallest absolute Gasteiger partial charge is 0.302 e. The van der Waals surface area contributed by atoms with E-state index in [0.717, 1.165) is 51.6 Å². The molecule has 0 saturated heterocycles. The summed E-state index contributed by atoms with van der Waals surface area (Å²) in [5, 5.41) is 6.35. The first-order valence-corrected chi connectivity index (χ1v) is 14.4. The molecule has 1 aromatic heterocycles. The van der Waals surface area contributed by atoms with E-state index in [0.29, 0.717) is 18.2 Å². The van der Waals surface area contributed by atoms with Crippen molar-refractivity contribution in [3.05, 3.63) is 83.4 Å². The van der Waals surface area contributed by atoms with Crippen molar-refractivity contribution < 1.29 is 9.53 Å². The van der Waals surface area contributed by atoms with Crippen LogP contribution < -0.4 is 4.74 Å². The highest BCUT2D eigenvalue weighted by atomic mass is 32.2. The first-order chi connectivity index (χ1) is 18.6. The standard InChI is InChI=1S/C32H36N4O2S/c1-21(2)18-35-29-15-12-23(17-27(29)33-30(35)24-8-7-9-26(16-24)38-6)28-20-39-31(37)36(34-28)19-22-10-13-25(14-11-22)32(3,4)5/h7-17,21H,18-20H2,1-6H3. The molecule has 0 spiro atoms. The van der Waals surface area contributed by atoms with Gasteiger partial charge in [-0.15, -0.1) is 0 Å². The third-order valence-electron chi connectivity index (χ3n) is 6.89. The van der Waals surface area contributed by atoms with E-state index in [2.05, 4.69) is 87.7 Å². The molecule has 0 N–H and O–H groups in total. The lowest BCUT2D eigenvalue weighted by Gasteiger charge is -2.24. The Balaban J connectivity index is 1.47. The largest absolute Gasteiger partial charge is 0.497 e. The Morgan fingerprint density at radius 1 is 1.00 bits per heavy atom. The van der Waals surface area contributed by atoms with E-state index >= 15 is 0 Å². The number of nitrogens with zero attached hydrogens (tertiary/aromatic N) is 4. The van der Waals surface area contributed by atoms with Crippen LogP contribution in [0.1, 0.15) is 51.3 Å². The highest BCUT2D eigenvalue weighted by Crippen LogP contribution is 2.30. The molecule has 3 aromatic carbocycles. The Labute approximate surface area is 235 Å². The number of ether oxygens (including phenoxy) is 1. The van der Waals surface area contributed by atoms with E-state index < -0.39 is 0 Å². The zero-order valence-electron chi connectivity index (χ0n) is 23.6. The average molecular weight is 541 g/mol. The lowest BCUT2D eigenvalue weighted by Crippen LogP contribution is -2.29. The van der Waals surface area contributed by atoms with E-state index in [1.165, 1.54) is 17.3 Å². The number of thioether (sulfide) groups is 1. The fourth-order valence-corrected chi connectivity index (χ4v) is 5.52. The zero-order chi connectivity index (χ0) is 27.7. The first kappa shape index (κ1) is 27.0. The number of carbonyl (C=O) groups excluding carboxylic acids is 1. The Hall–Kier alpha value is -3.58. The minimum Gasteiger partial charge on any atom is -0.497 e. The SMILES string of the molecule is COc1cccc(-c2nc3cc(C4=NN(Cc5ccc(C(C)(C)C)cc5)C(=O)SC4)ccc3n2CC(C)C)c1. The van der Waals surface area contributed by atoms with Crippen LogP contribution in [0, 0.1) is 5.92 Å². The maximum Gasteiger partial charge on any atom is 0.302 e. The van der Waals surface area contributed by atoms with Crippen molar-refractivity contribution >= 4 is 33.7 Å². The monoisotopic (exact) mass is 540 g/mol. The van der Waals surface area contributed by atoms with Crippen LogP contribution in [0.3, 0.4) is 0 Å². The van der Waals surface area contributed by atoms with Gasteiger partial charge >= 0.3 is 5.24 Å². The van der Waals surface area contributed by atoms with Gasteiger partial charge < -0.3 is 9.30 Å². The summed E-state index contributed by atoms with van der Waals surface area (Å²) in [5.41, 5.74) is 7.32. The molecule has 202 valence electrons. The number of benzene rings is 3. The van der Waals surface area contributed by atoms with E-state index in [9.17, 15) is 4.79 Å². The van der Waals surface area contributed by atoms with Gasteiger partial charge in [0.15, 0.2) is 0 Å². The van der Waals surface area contributed by atoms with Crippen molar-refractivity contribution in [3.63, 3.8) is 0 Å². The zero-order valence-corrected chi connectivity index (χ0v) is 24.4. The van der Waals surface area contributed by atoms with Gasteiger partial charge in [0.25, 0.3) is 0 Å². The molecule has 7 heteroatoms. The van der Waals surface area contributed by atoms with Crippen LogP contribution in [0.4, 0.5) is 4.79 Å². The Morgan fingerprint density at radius 3 is 2.46 bits per heavy atom. The minimum absolute atomic E-state index is 0.0266. The summed E-state index contributed by atoms with van der Waals surface area (Å²) in [5.74, 6) is 2.73. The highest BCUT2D eigenvalue weighted by molar-refractivity contribution is 8.14. The van der Waals surface area contributed by atoms with Crippen LogP contribution in [-0.2, 0) is 18.5 Å². The van der Waals surface area contributed by atoms with E-state index in [-0.39, 0.29) is 10.7 Å². The van der Waals surface area contributed by atoms with Crippen LogP contribution in [0.25, 0.3) is 22.4 Å². The second-order valence-corrected chi connectivity index (χ2v) is 12.4. The predicted octanol–water partition coefficient (Wildman–Crippen LogP) is 7.74. The summed E-state index contributed by atoms with van der Waals surface area (Å²) in [6.45, 7) is 12.3. The van der Waals surface area contributed by atoms with Gasteiger partial charge in [0, 0.05) is 23.4 Å². The van der Waals surface area contributed by atoms with Crippen LogP contribution in [0.15, 0.2) is 71.8 Å². The normalized spacial score (nSPS) is 14.3. The second kappa shape index (κ2) is 10.9. The van der Waals surface area contributed by atoms with Crippen molar-refractivity contribution in [3.8, 4) is 17.1 Å². The van der Waals surface area contributed by atoms with Gasteiger partial charge in [-0.1, -0.05) is 88.8 Å². The van der Waals surface area contributed by atoms with Gasteiger partial charge in [-0.2, -0.15) is 5.10 Å². The molecule has 0 radical (unpaired) electrons. The van der Waals surface area contributed by atoms with Crippen LogP contribution in [-0.4, -0.2) is 38.4 Å². The topological polar surface area (TPSA) is 59.7 Å². The number of hydrogen-bond acceptors (Lipinski definition) is 5. The van der Waals surface area contributed by atoms with Gasteiger partial charge in [-0.25, -0.2) is 9.99 Å². The molecule has 1 aliphatic rings. The molecule has 4 aromatic rings. The Morgan fingerprint density at radius 2 is 1.77 bits per heavy atom. The van der Waals surface area contributed by atoms with E-state index in [4.69, 9.17) is 14.8 Å². The highest BCUT2D eigenvalue weighted by Gasteiger charge is 2.24. The minimum atomic E-state index is -0.0266. The first-order valence-electron chi connectivity index (χ1n) is 13.4. The van der Waals surface area contributed by atoms with Crippen molar-refractivity contribution in [2.45, 2.75) is 53.1 Å². The molecule has 5 rings (SSSR count). The second-order valence-electron chi connectivity index (χ2n) is 11.5. The molecule has 0 atom stereocenters. The van der Waals surface area contributed by atoms with Gasteiger partial charge in [-0.05, 0) is 46.7 Å². The summed E-state index contributed by atoms with van der Waals surface area (Å²) in [6.07, 6.45) is 0. The number of fused-ring (bicyclic) bond motifs is 1. The molecule has 2 heterocycles. The number of hydrazone groups is 1. The average Bonchev–Trinajstić information content (AvgIpc) is 3.26. The summed E-state index contributed by atoms with van der Waals surface area (Å²) in [7, 11) is 1.68. The van der Waals surface area contributed by atoms with E-state index in [1.54, 1.807) is 12.1 Å². The molecule has 0 aliphatic carbocycles. The molecular weight excluding hydrogens is 504 g/mol. The number of amides is 1. The van der Waals surface area contributed by atoms with Crippen LogP contribution in [0.2, 0.25) is 0 Å². The van der Waals surface area contributed by atoms with Crippen molar-refractivity contribution in [2.75, 3.05) is 12.9 Å². The van der Waals surface area contributed by atoms with Gasteiger partial charge in [0.1, 0.15) is 11.6 Å². The number of rotatable bonds is 7. The van der Waals surface area contributed by atoms with Crippen molar-refractivity contribution in [1.29, 1.82) is 0 Å². The molecule has 0 unspecified atom stereocenters. The molecule has 1 aliphatic heterocycles. The van der Waals surface area contributed by atoms with Gasteiger partial charge in [-0.3, -0.25) is 4.79 Å². The summed E-state index contributed by atoms with van der Waals surface area (Å²) < 4.78 is 7.75. The fourth-order valence-electron chi connectivity index (χ4n) is 4.79. The predicted molar refractivity (Wildman–Crippen MR) is 162 cm³/mol. The summed E-state index contributed by atoms with van der Waals surface area (Å²) in [6, 6.07) is 22.8. The third kappa shape index (κ3) is 5.88. The van der Waals surface area contributed by atoms with Crippen molar-refractivity contribution in [1.82, 2.24) is 14.6 Å². The Bertz CT molecular complexity index is 1530.